The first-order valence-electron chi connectivity index (χ1n) is 5.38. The molecule has 5 heteroatoms. The number of amides is 1. The smallest absolute Gasteiger partial charge is 0.256 e. The Bertz CT molecular complexity index is 527. The summed E-state index contributed by atoms with van der Waals surface area (Å²) in [6.45, 7) is 0.477. The Morgan fingerprint density at radius 1 is 1.33 bits per heavy atom. The molecule has 0 aliphatic carbocycles. The van der Waals surface area contributed by atoms with E-state index in [9.17, 15) is 4.79 Å². The Morgan fingerprint density at radius 3 is 2.67 bits per heavy atom. The summed E-state index contributed by atoms with van der Waals surface area (Å²) in [4.78, 5) is 11.8. The number of carbonyl (C=O) groups is 1. The molecule has 0 saturated carbocycles. The van der Waals surface area contributed by atoms with E-state index in [1.165, 1.54) is 6.26 Å². The summed E-state index contributed by atoms with van der Waals surface area (Å²) in [5.41, 5.74) is 1.46. The molecular formula is C13H11BrClNO2. The van der Waals surface area contributed by atoms with Gasteiger partial charge in [0.1, 0.15) is 0 Å². The van der Waals surface area contributed by atoms with Crippen molar-refractivity contribution >= 4 is 33.4 Å². The van der Waals surface area contributed by atoms with Crippen LogP contribution in [0.25, 0.3) is 0 Å². The monoisotopic (exact) mass is 327 g/mol. The number of alkyl halides is 1. The highest BCUT2D eigenvalue weighted by atomic mass is 79.9. The standard InChI is InChI=1S/C13H11BrClNO2/c14-11(9-4-2-1-3-5-9)8-16-13(17)10-6-7-18-12(10)15/h1-7,11H,8H2,(H,16,17). The van der Waals surface area contributed by atoms with Crippen LogP contribution >= 0.6 is 27.5 Å². The maximum atomic E-state index is 11.8. The molecular weight excluding hydrogens is 318 g/mol. The minimum absolute atomic E-state index is 0.0633. The SMILES string of the molecule is O=C(NCC(Br)c1ccccc1)c1ccoc1Cl. The molecule has 0 aliphatic rings. The molecule has 2 rings (SSSR count). The van der Waals surface area contributed by atoms with Crippen molar-refractivity contribution in [2.45, 2.75) is 4.83 Å². The molecule has 1 atom stereocenters. The number of nitrogens with one attached hydrogen (secondary N) is 1. The number of rotatable bonds is 4. The van der Waals surface area contributed by atoms with E-state index >= 15 is 0 Å². The molecule has 1 amide bonds. The van der Waals surface area contributed by atoms with Gasteiger partial charge >= 0.3 is 0 Å². The van der Waals surface area contributed by atoms with Gasteiger partial charge in [0, 0.05) is 6.54 Å². The molecule has 18 heavy (non-hydrogen) atoms. The largest absolute Gasteiger partial charge is 0.452 e. The molecule has 1 heterocycles. The van der Waals surface area contributed by atoms with Gasteiger partial charge in [0.15, 0.2) is 0 Å². The summed E-state index contributed by atoms with van der Waals surface area (Å²) >= 11 is 9.25. The molecule has 0 fully saturated rings. The van der Waals surface area contributed by atoms with Gasteiger partial charge in [-0.1, -0.05) is 46.3 Å². The van der Waals surface area contributed by atoms with Gasteiger partial charge in [-0.15, -0.1) is 0 Å². The fourth-order valence-electron chi connectivity index (χ4n) is 1.51. The minimum atomic E-state index is -0.242. The van der Waals surface area contributed by atoms with Gasteiger partial charge < -0.3 is 9.73 Å². The van der Waals surface area contributed by atoms with Crippen molar-refractivity contribution in [3.63, 3.8) is 0 Å². The fourth-order valence-corrected chi connectivity index (χ4v) is 2.18. The van der Waals surface area contributed by atoms with Gasteiger partial charge in [0.2, 0.25) is 5.22 Å². The highest BCUT2D eigenvalue weighted by molar-refractivity contribution is 9.09. The molecule has 1 aromatic carbocycles. The second-order valence-corrected chi connectivity index (χ2v) is 5.14. The van der Waals surface area contributed by atoms with Crippen LogP contribution in [0.3, 0.4) is 0 Å². The zero-order valence-corrected chi connectivity index (χ0v) is 11.7. The van der Waals surface area contributed by atoms with Crippen molar-refractivity contribution in [3.8, 4) is 0 Å². The van der Waals surface area contributed by atoms with Crippen LogP contribution in [0.1, 0.15) is 20.7 Å². The molecule has 1 aromatic heterocycles. The third-order valence-electron chi connectivity index (χ3n) is 2.47. The lowest BCUT2D eigenvalue weighted by molar-refractivity contribution is 0.0953. The van der Waals surface area contributed by atoms with Crippen LogP contribution in [-0.4, -0.2) is 12.5 Å². The van der Waals surface area contributed by atoms with E-state index in [4.69, 9.17) is 16.0 Å². The van der Waals surface area contributed by atoms with E-state index in [1.807, 2.05) is 30.3 Å². The van der Waals surface area contributed by atoms with Crippen LogP contribution < -0.4 is 5.32 Å². The molecule has 3 nitrogen and oxygen atoms in total. The molecule has 1 N–H and O–H groups in total. The van der Waals surface area contributed by atoms with Gasteiger partial charge in [-0.25, -0.2) is 0 Å². The van der Waals surface area contributed by atoms with E-state index in [0.29, 0.717) is 12.1 Å². The molecule has 0 bridgehead atoms. The van der Waals surface area contributed by atoms with Crippen molar-refractivity contribution in [2.24, 2.45) is 0 Å². The van der Waals surface area contributed by atoms with Crippen LogP contribution in [0.4, 0.5) is 0 Å². The normalized spacial score (nSPS) is 12.1. The van der Waals surface area contributed by atoms with Crippen molar-refractivity contribution < 1.29 is 9.21 Å². The second kappa shape index (κ2) is 6.07. The maximum absolute atomic E-state index is 11.8. The quantitative estimate of drug-likeness (QED) is 0.868. The summed E-state index contributed by atoms with van der Waals surface area (Å²) in [5, 5.41) is 2.90. The van der Waals surface area contributed by atoms with E-state index < -0.39 is 0 Å². The molecule has 0 aliphatic heterocycles. The van der Waals surface area contributed by atoms with Crippen molar-refractivity contribution in [1.29, 1.82) is 0 Å². The number of hydrogen-bond donors (Lipinski definition) is 1. The summed E-state index contributed by atoms with van der Waals surface area (Å²) in [6.07, 6.45) is 1.39. The fraction of sp³-hybridized carbons (Fsp3) is 0.154. The first-order chi connectivity index (χ1) is 8.68. The lowest BCUT2D eigenvalue weighted by Crippen LogP contribution is -2.26. The zero-order chi connectivity index (χ0) is 13.0. The summed E-state index contributed by atoms with van der Waals surface area (Å²) in [5.74, 6) is -0.242. The van der Waals surface area contributed by atoms with Crippen LogP contribution in [0.5, 0.6) is 0 Å². The Kier molecular flexibility index (Phi) is 4.44. The highest BCUT2D eigenvalue weighted by Gasteiger charge is 2.14. The molecule has 0 spiro atoms. The van der Waals surface area contributed by atoms with Crippen LogP contribution in [-0.2, 0) is 0 Å². The number of benzene rings is 1. The summed E-state index contributed by atoms with van der Waals surface area (Å²) in [7, 11) is 0. The first kappa shape index (κ1) is 13.2. The van der Waals surface area contributed by atoms with Gasteiger partial charge in [0.25, 0.3) is 5.91 Å². The third-order valence-corrected chi connectivity index (χ3v) is 3.61. The minimum Gasteiger partial charge on any atom is -0.452 e. The Hall–Kier alpha value is -1.26. The predicted molar refractivity (Wildman–Crippen MR) is 74.2 cm³/mol. The Balaban J connectivity index is 1.93. The van der Waals surface area contributed by atoms with Gasteiger partial charge in [0.05, 0.1) is 16.7 Å². The zero-order valence-electron chi connectivity index (χ0n) is 9.40. The molecule has 94 valence electrons. The maximum Gasteiger partial charge on any atom is 0.256 e. The molecule has 0 radical (unpaired) electrons. The molecule has 1 unspecified atom stereocenters. The lowest BCUT2D eigenvalue weighted by Gasteiger charge is -2.11. The van der Waals surface area contributed by atoms with E-state index in [1.54, 1.807) is 6.07 Å². The van der Waals surface area contributed by atoms with Crippen molar-refractivity contribution in [2.75, 3.05) is 6.54 Å². The molecule has 0 saturated heterocycles. The summed E-state index contributed by atoms with van der Waals surface area (Å²) < 4.78 is 4.87. The lowest BCUT2D eigenvalue weighted by atomic mass is 10.1. The summed E-state index contributed by atoms with van der Waals surface area (Å²) in [6, 6.07) is 11.4. The third kappa shape index (κ3) is 3.15. The first-order valence-corrected chi connectivity index (χ1v) is 6.68. The number of carbonyl (C=O) groups excluding carboxylic acids is 1. The number of furan rings is 1. The van der Waals surface area contributed by atoms with Crippen LogP contribution in [0, 0.1) is 0 Å². The predicted octanol–water partition coefficient (Wildman–Crippen LogP) is 3.80. The van der Waals surface area contributed by atoms with E-state index in [2.05, 4.69) is 21.2 Å². The van der Waals surface area contributed by atoms with Crippen molar-refractivity contribution in [1.82, 2.24) is 5.32 Å². The van der Waals surface area contributed by atoms with E-state index in [-0.39, 0.29) is 16.0 Å². The van der Waals surface area contributed by atoms with E-state index in [0.717, 1.165) is 5.56 Å². The van der Waals surface area contributed by atoms with Crippen LogP contribution in [0.15, 0.2) is 47.1 Å². The van der Waals surface area contributed by atoms with Gasteiger partial charge in [-0.3, -0.25) is 4.79 Å². The molecule has 2 aromatic rings. The highest BCUT2D eigenvalue weighted by Crippen LogP contribution is 2.22. The van der Waals surface area contributed by atoms with Gasteiger partial charge in [-0.05, 0) is 23.2 Å². The van der Waals surface area contributed by atoms with Crippen LogP contribution in [0.2, 0.25) is 5.22 Å². The topological polar surface area (TPSA) is 42.2 Å². The Labute approximate surface area is 118 Å². The average molecular weight is 329 g/mol. The average Bonchev–Trinajstić information content (AvgIpc) is 2.83. The number of halogens is 2. The van der Waals surface area contributed by atoms with Crippen molar-refractivity contribution in [3.05, 3.63) is 59.0 Å². The second-order valence-electron chi connectivity index (χ2n) is 3.70. The van der Waals surface area contributed by atoms with Gasteiger partial charge in [-0.2, -0.15) is 0 Å². The Morgan fingerprint density at radius 2 is 2.06 bits per heavy atom. The number of hydrogen-bond acceptors (Lipinski definition) is 2.